The van der Waals surface area contributed by atoms with Crippen LogP contribution in [0, 0.1) is 0 Å². The fourth-order valence-electron chi connectivity index (χ4n) is 2.08. The van der Waals surface area contributed by atoms with Gasteiger partial charge in [0, 0.05) is 24.7 Å². The van der Waals surface area contributed by atoms with Crippen molar-refractivity contribution in [2.24, 2.45) is 0 Å². The molecule has 0 atom stereocenters. The van der Waals surface area contributed by atoms with E-state index in [1.54, 1.807) is 6.33 Å². The quantitative estimate of drug-likeness (QED) is 0.845. The van der Waals surface area contributed by atoms with Gasteiger partial charge in [0.1, 0.15) is 12.1 Å². The third-order valence-corrected chi connectivity index (χ3v) is 3.06. The maximum Gasteiger partial charge on any atom is 0.132 e. The summed E-state index contributed by atoms with van der Waals surface area (Å²) in [5, 5.41) is 0. The molecular formula is C14H16ClN3O. The van der Waals surface area contributed by atoms with Gasteiger partial charge >= 0.3 is 0 Å². The summed E-state index contributed by atoms with van der Waals surface area (Å²) in [6, 6.07) is 12.2. The fraction of sp³-hybridized carbons (Fsp3) is 0.286. The summed E-state index contributed by atoms with van der Waals surface area (Å²) in [6.07, 6.45) is 1.63. The summed E-state index contributed by atoms with van der Waals surface area (Å²) in [4.78, 5) is 10.9. The predicted molar refractivity (Wildman–Crippen MR) is 77.7 cm³/mol. The van der Waals surface area contributed by atoms with Crippen molar-refractivity contribution in [3.63, 3.8) is 0 Å². The molecule has 19 heavy (non-hydrogen) atoms. The summed E-state index contributed by atoms with van der Waals surface area (Å²) in [6.45, 7) is 3.33. The van der Waals surface area contributed by atoms with Crippen molar-refractivity contribution in [1.29, 1.82) is 0 Å². The molecule has 1 aliphatic heterocycles. The zero-order chi connectivity index (χ0) is 12.2. The van der Waals surface area contributed by atoms with E-state index < -0.39 is 0 Å². The lowest BCUT2D eigenvalue weighted by molar-refractivity contribution is 0.122. The molecule has 2 aromatic rings. The lowest BCUT2D eigenvalue weighted by Gasteiger charge is -2.27. The topological polar surface area (TPSA) is 38.2 Å². The van der Waals surface area contributed by atoms with E-state index in [4.69, 9.17) is 4.74 Å². The molecule has 0 spiro atoms. The van der Waals surface area contributed by atoms with Crippen molar-refractivity contribution in [3.05, 3.63) is 42.7 Å². The maximum atomic E-state index is 5.35. The van der Waals surface area contributed by atoms with Crippen LogP contribution in [0.15, 0.2) is 42.7 Å². The first kappa shape index (κ1) is 13.8. The van der Waals surface area contributed by atoms with Crippen LogP contribution in [-0.4, -0.2) is 36.3 Å². The fourth-order valence-corrected chi connectivity index (χ4v) is 2.08. The normalized spacial score (nSPS) is 14.8. The molecule has 1 fully saturated rings. The number of hydrogen-bond donors (Lipinski definition) is 0. The Morgan fingerprint density at radius 1 is 1.00 bits per heavy atom. The van der Waals surface area contributed by atoms with Gasteiger partial charge < -0.3 is 9.64 Å². The highest BCUT2D eigenvalue weighted by Gasteiger charge is 2.13. The molecule has 2 heterocycles. The second kappa shape index (κ2) is 6.50. The van der Waals surface area contributed by atoms with Crippen LogP contribution >= 0.6 is 12.4 Å². The van der Waals surface area contributed by atoms with Gasteiger partial charge in [-0.3, -0.25) is 0 Å². The Kier molecular flexibility index (Phi) is 4.71. The minimum absolute atomic E-state index is 0. The number of morpholine rings is 1. The summed E-state index contributed by atoms with van der Waals surface area (Å²) in [5.41, 5.74) is 2.08. The van der Waals surface area contributed by atoms with E-state index >= 15 is 0 Å². The van der Waals surface area contributed by atoms with E-state index in [2.05, 4.69) is 27.0 Å². The minimum atomic E-state index is 0. The van der Waals surface area contributed by atoms with Gasteiger partial charge in [-0.2, -0.15) is 0 Å². The van der Waals surface area contributed by atoms with Gasteiger partial charge in [-0.25, -0.2) is 9.97 Å². The number of rotatable bonds is 2. The standard InChI is InChI=1S/C14H15N3O.ClH/c1-2-4-12(5-3-1)13-10-14(16-11-15-13)17-6-8-18-9-7-17;/h1-5,10-11H,6-9H2;1H. The van der Waals surface area contributed by atoms with Gasteiger partial charge in [0.15, 0.2) is 0 Å². The third kappa shape index (κ3) is 3.22. The summed E-state index contributed by atoms with van der Waals surface area (Å²) in [5.74, 6) is 0.979. The Balaban J connectivity index is 0.00000133. The summed E-state index contributed by atoms with van der Waals surface area (Å²) in [7, 11) is 0. The maximum absolute atomic E-state index is 5.35. The van der Waals surface area contributed by atoms with E-state index in [1.165, 1.54) is 0 Å². The smallest absolute Gasteiger partial charge is 0.132 e. The van der Waals surface area contributed by atoms with Crippen LogP contribution in [0.2, 0.25) is 0 Å². The van der Waals surface area contributed by atoms with Crippen molar-refractivity contribution in [1.82, 2.24) is 9.97 Å². The average molecular weight is 278 g/mol. The molecule has 5 heteroatoms. The molecule has 0 unspecified atom stereocenters. The van der Waals surface area contributed by atoms with Crippen molar-refractivity contribution in [2.45, 2.75) is 0 Å². The van der Waals surface area contributed by atoms with Gasteiger partial charge in [-0.15, -0.1) is 12.4 Å². The van der Waals surface area contributed by atoms with E-state index in [-0.39, 0.29) is 12.4 Å². The number of halogens is 1. The van der Waals surface area contributed by atoms with Crippen LogP contribution in [-0.2, 0) is 4.74 Å². The average Bonchev–Trinajstić information content (AvgIpc) is 2.49. The molecule has 0 aliphatic carbocycles. The van der Waals surface area contributed by atoms with Gasteiger partial charge in [0.25, 0.3) is 0 Å². The van der Waals surface area contributed by atoms with E-state index in [9.17, 15) is 0 Å². The molecule has 4 nitrogen and oxygen atoms in total. The molecule has 0 amide bonds. The van der Waals surface area contributed by atoms with Crippen LogP contribution in [0.25, 0.3) is 11.3 Å². The Labute approximate surface area is 118 Å². The minimum Gasteiger partial charge on any atom is -0.378 e. The van der Waals surface area contributed by atoms with Gasteiger partial charge in [0.2, 0.25) is 0 Å². The summed E-state index contributed by atoms with van der Waals surface area (Å²) >= 11 is 0. The molecule has 1 aromatic carbocycles. The number of nitrogens with zero attached hydrogens (tertiary/aromatic N) is 3. The highest BCUT2D eigenvalue weighted by Crippen LogP contribution is 2.20. The number of anilines is 1. The molecule has 1 aliphatic rings. The summed E-state index contributed by atoms with van der Waals surface area (Å²) < 4.78 is 5.35. The Hall–Kier alpha value is -1.65. The monoisotopic (exact) mass is 277 g/mol. The van der Waals surface area contributed by atoms with Gasteiger partial charge in [-0.05, 0) is 0 Å². The molecule has 100 valence electrons. The second-order valence-electron chi connectivity index (χ2n) is 4.23. The SMILES string of the molecule is Cl.c1ccc(-c2cc(N3CCOCC3)ncn2)cc1. The second-order valence-corrected chi connectivity index (χ2v) is 4.23. The Bertz CT molecular complexity index is 515. The predicted octanol–water partition coefficient (Wildman–Crippen LogP) is 2.40. The van der Waals surface area contributed by atoms with Crippen LogP contribution in [0.4, 0.5) is 5.82 Å². The molecule has 1 aromatic heterocycles. The number of hydrogen-bond acceptors (Lipinski definition) is 4. The zero-order valence-electron chi connectivity index (χ0n) is 10.5. The first-order chi connectivity index (χ1) is 8.93. The molecule has 0 saturated carbocycles. The Morgan fingerprint density at radius 3 is 2.47 bits per heavy atom. The highest BCUT2D eigenvalue weighted by molar-refractivity contribution is 5.85. The van der Waals surface area contributed by atoms with Crippen molar-refractivity contribution in [3.8, 4) is 11.3 Å². The lowest BCUT2D eigenvalue weighted by atomic mass is 10.1. The van der Waals surface area contributed by atoms with Crippen LogP contribution in [0.5, 0.6) is 0 Å². The first-order valence-electron chi connectivity index (χ1n) is 6.14. The van der Waals surface area contributed by atoms with E-state index in [0.717, 1.165) is 43.4 Å². The highest BCUT2D eigenvalue weighted by atomic mass is 35.5. The van der Waals surface area contributed by atoms with Crippen molar-refractivity contribution < 1.29 is 4.74 Å². The van der Waals surface area contributed by atoms with E-state index in [1.807, 2.05) is 24.3 Å². The molecule has 3 rings (SSSR count). The molecule has 0 N–H and O–H groups in total. The van der Waals surface area contributed by atoms with Crippen LogP contribution in [0.3, 0.4) is 0 Å². The van der Waals surface area contributed by atoms with E-state index in [0.29, 0.717) is 0 Å². The molecule has 1 saturated heterocycles. The molecule has 0 radical (unpaired) electrons. The molecular weight excluding hydrogens is 262 g/mol. The van der Waals surface area contributed by atoms with Crippen LogP contribution < -0.4 is 4.90 Å². The lowest BCUT2D eigenvalue weighted by Crippen LogP contribution is -2.36. The van der Waals surface area contributed by atoms with Gasteiger partial charge in [0.05, 0.1) is 18.9 Å². The Morgan fingerprint density at radius 2 is 1.74 bits per heavy atom. The van der Waals surface area contributed by atoms with Crippen molar-refractivity contribution in [2.75, 3.05) is 31.2 Å². The van der Waals surface area contributed by atoms with Gasteiger partial charge in [-0.1, -0.05) is 30.3 Å². The largest absolute Gasteiger partial charge is 0.378 e. The third-order valence-electron chi connectivity index (χ3n) is 3.06. The number of benzene rings is 1. The first-order valence-corrected chi connectivity index (χ1v) is 6.14. The molecule has 0 bridgehead atoms. The van der Waals surface area contributed by atoms with Crippen molar-refractivity contribution >= 4 is 18.2 Å². The zero-order valence-corrected chi connectivity index (χ0v) is 11.3. The van der Waals surface area contributed by atoms with Crippen LogP contribution in [0.1, 0.15) is 0 Å². The number of ether oxygens (including phenoxy) is 1. The number of aromatic nitrogens is 2.